The fraction of sp³-hybridized carbons (Fsp3) is 0.412. The van der Waals surface area contributed by atoms with Gasteiger partial charge in [-0.3, -0.25) is 4.79 Å². The molecule has 0 radical (unpaired) electrons. The van der Waals surface area contributed by atoms with E-state index in [1.54, 1.807) is 18.2 Å². The van der Waals surface area contributed by atoms with E-state index in [9.17, 15) is 19.1 Å². The molecular weight excluding hydrogens is 327 g/mol. The highest BCUT2D eigenvalue weighted by Crippen LogP contribution is 2.23. The number of carbonyl (C=O) groups is 2. The Bertz CT molecular complexity index is 818. The second kappa shape index (κ2) is 6.62. The highest BCUT2D eigenvalue weighted by atomic mass is 19.1. The number of carbonyl (C=O) groups excluding carboxylic acids is 1. The molecular formula is C17H19FN4O3. The van der Waals surface area contributed by atoms with E-state index in [0.29, 0.717) is 25.2 Å². The number of aromatic nitrogens is 3. The molecule has 1 amide bonds. The van der Waals surface area contributed by atoms with Crippen LogP contribution in [0.15, 0.2) is 24.3 Å². The summed E-state index contributed by atoms with van der Waals surface area (Å²) in [6, 6.07) is 5.24. The molecule has 2 aromatic rings. The molecule has 0 unspecified atom stereocenters. The smallest absolute Gasteiger partial charge is 0.326 e. The predicted molar refractivity (Wildman–Crippen MR) is 87.1 cm³/mol. The van der Waals surface area contributed by atoms with Gasteiger partial charge in [-0.25, -0.2) is 18.9 Å². The Balaban J connectivity index is 2.01. The van der Waals surface area contributed by atoms with Crippen molar-refractivity contribution in [2.75, 3.05) is 6.54 Å². The van der Waals surface area contributed by atoms with Crippen LogP contribution in [0.2, 0.25) is 0 Å². The highest BCUT2D eigenvalue weighted by Gasteiger charge is 2.36. The van der Waals surface area contributed by atoms with Crippen LogP contribution in [0.5, 0.6) is 0 Å². The van der Waals surface area contributed by atoms with Crippen LogP contribution in [0.4, 0.5) is 4.39 Å². The van der Waals surface area contributed by atoms with E-state index in [0.717, 1.165) is 0 Å². The minimum Gasteiger partial charge on any atom is -0.480 e. The minimum absolute atomic E-state index is 0.0949. The molecule has 1 aromatic heterocycles. The number of para-hydroxylation sites is 1. The SMILES string of the molecule is CC(C)c1nc(C(=O)N2CCC[C@H]2C(=O)O)nn1-c1ccccc1F. The number of hydrogen-bond donors (Lipinski definition) is 1. The van der Waals surface area contributed by atoms with E-state index in [1.165, 1.54) is 15.6 Å². The van der Waals surface area contributed by atoms with Crippen molar-refractivity contribution in [2.45, 2.75) is 38.6 Å². The van der Waals surface area contributed by atoms with Gasteiger partial charge in [-0.05, 0) is 25.0 Å². The van der Waals surface area contributed by atoms with Crippen LogP contribution in [0.1, 0.15) is 49.1 Å². The largest absolute Gasteiger partial charge is 0.480 e. The van der Waals surface area contributed by atoms with Crippen molar-refractivity contribution in [3.63, 3.8) is 0 Å². The third kappa shape index (κ3) is 3.11. The number of aliphatic carboxylic acids is 1. The number of carboxylic acid groups (broad SMARTS) is 1. The van der Waals surface area contributed by atoms with Crippen molar-refractivity contribution in [2.24, 2.45) is 0 Å². The van der Waals surface area contributed by atoms with Crippen molar-refractivity contribution >= 4 is 11.9 Å². The first-order valence-electron chi connectivity index (χ1n) is 8.15. The zero-order valence-electron chi connectivity index (χ0n) is 14.0. The fourth-order valence-electron chi connectivity index (χ4n) is 2.98. The lowest BCUT2D eigenvalue weighted by Crippen LogP contribution is -2.40. The van der Waals surface area contributed by atoms with Crippen molar-refractivity contribution in [3.05, 3.63) is 41.7 Å². The molecule has 0 spiro atoms. The number of amides is 1. The van der Waals surface area contributed by atoms with Gasteiger partial charge in [-0.2, -0.15) is 0 Å². The van der Waals surface area contributed by atoms with Crippen LogP contribution >= 0.6 is 0 Å². The fourth-order valence-corrected chi connectivity index (χ4v) is 2.98. The zero-order valence-corrected chi connectivity index (χ0v) is 14.0. The second-order valence-corrected chi connectivity index (χ2v) is 6.31. The van der Waals surface area contributed by atoms with Crippen LogP contribution in [0, 0.1) is 5.82 Å². The number of rotatable bonds is 4. The van der Waals surface area contributed by atoms with E-state index < -0.39 is 23.7 Å². The number of halogens is 1. The summed E-state index contributed by atoms with van der Waals surface area (Å²) in [6.07, 6.45) is 1.03. The summed E-state index contributed by atoms with van der Waals surface area (Å²) >= 11 is 0. The van der Waals surface area contributed by atoms with Crippen molar-refractivity contribution in [3.8, 4) is 5.69 Å². The number of benzene rings is 1. The molecule has 1 fully saturated rings. The average Bonchev–Trinajstić information content (AvgIpc) is 3.22. The Kier molecular flexibility index (Phi) is 4.52. The summed E-state index contributed by atoms with van der Waals surface area (Å²) in [5, 5.41) is 13.4. The van der Waals surface area contributed by atoms with E-state index in [4.69, 9.17) is 0 Å². The molecule has 1 aliphatic rings. The average molecular weight is 346 g/mol. The molecule has 1 atom stereocenters. The van der Waals surface area contributed by atoms with Crippen LogP contribution < -0.4 is 0 Å². The summed E-state index contributed by atoms with van der Waals surface area (Å²) in [5.74, 6) is -1.81. The molecule has 25 heavy (non-hydrogen) atoms. The quantitative estimate of drug-likeness (QED) is 0.917. The maximum atomic E-state index is 14.1. The van der Waals surface area contributed by atoms with Gasteiger partial charge in [0.2, 0.25) is 5.82 Å². The van der Waals surface area contributed by atoms with Gasteiger partial charge >= 0.3 is 5.97 Å². The predicted octanol–water partition coefficient (Wildman–Crippen LogP) is 2.22. The first kappa shape index (κ1) is 17.1. The van der Waals surface area contributed by atoms with E-state index in [-0.39, 0.29) is 17.4 Å². The maximum Gasteiger partial charge on any atom is 0.326 e. The van der Waals surface area contributed by atoms with E-state index >= 15 is 0 Å². The highest BCUT2D eigenvalue weighted by molar-refractivity contribution is 5.94. The van der Waals surface area contributed by atoms with Gasteiger partial charge in [0.25, 0.3) is 5.91 Å². The Hall–Kier alpha value is -2.77. The standard InChI is InChI=1S/C17H19FN4O3/c1-10(2)15-19-14(16(23)21-9-5-8-13(21)17(24)25)20-22(15)12-7-4-3-6-11(12)18/h3-4,6-7,10,13H,5,8-9H2,1-2H3,(H,24,25)/t13-/m0/s1. The molecule has 0 bridgehead atoms. The molecule has 8 heteroatoms. The summed E-state index contributed by atoms with van der Waals surface area (Å²) in [4.78, 5) is 29.5. The van der Waals surface area contributed by atoms with Crippen LogP contribution in [-0.4, -0.2) is 49.2 Å². The Morgan fingerprint density at radius 2 is 2.04 bits per heavy atom. The first-order valence-corrected chi connectivity index (χ1v) is 8.15. The van der Waals surface area contributed by atoms with Gasteiger partial charge in [0, 0.05) is 12.5 Å². The molecule has 1 aliphatic heterocycles. The van der Waals surface area contributed by atoms with Gasteiger partial charge in [-0.15, -0.1) is 5.10 Å². The first-order chi connectivity index (χ1) is 11.9. The summed E-state index contributed by atoms with van der Waals surface area (Å²) in [6.45, 7) is 4.08. The molecule has 132 valence electrons. The van der Waals surface area contributed by atoms with Gasteiger partial charge in [0.15, 0.2) is 0 Å². The molecule has 0 aliphatic carbocycles. The third-order valence-corrected chi connectivity index (χ3v) is 4.22. The van der Waals surface area contributed by atoms with Gasteiger partial charge < -0.3 is 10.0 Å². The number of nitrogens with zero attached hydrogens (tertiary/aromatic N) is 4. The van der Waals surface area contributed by atoms with Crippen LogP contribution in [0.3, 0.4) is 0 Å². The number of likely N-dealkylation sites (tertiary alicyclic amines) is 1. The molecule has 2 heterocycles. The summed E-state index contributed by atoms with van der Waals surface area (Å²) < 4.78 is 15.5. The van der Waals surface area contributed by atoms with Crippen LogP contribution in [-0.2, 0) is 4.79 Å². The minimum atomic E-state index is -1.04. The molecule has 1 saturated heterocycles. The number of carboxylic acids is 1. The summed E-state index contributed by atoms with van der Waals surface area (Å²) in [5.41, 5.74) is 0.203. The monoisotopic (exact) mass is 346 g/mol. The molecule has 1 N–H and O–H groups in total. The van der Waals surface area contributed by atoms with Gasteiger partial charge in [-0.1, -0.05) is 26.0 Å². The normalized spacial score (nSPS) is 17.3. The molecule has 1 aromatic carbocycles. The van der Waals surface area contributed by atoms with Crippen LogP contribution in [0.25, 0.3) is 5.69 Å². The second-order valence-electron chi connectivity index (χ2n) is 6.31. The Morgan fingerprint density at radius 3 is 2.68 bits per heavy atom. The van der Waals surface area contributed by atoms with Crippen molar-refractivity contribution in [1.29, 1.82) is 0 Å². The maximum absolute atomic E-state index is 14.1. The summed E-state index contributed by atoms with van der Waals surface area (Å²) in [7, 11) is 0. The molecule has 7 nitrogen and oxygen atoms in total. The Morgan fingerprint density at radius 1 is 1.32 bits per heavy atom. The van der Waals surface area contributed by atoms with E-state index in [1.807, 2.05) is 13.8 Å². The third-order valence-electron chi connectivity index (χ3n) is 4.22. The van der Waals surface area contributed by atoms with Gasteiger partial charge in [0.05, 0.1) is 0 Å². The molecule has 0 saturated carbocycles. The van der Waals surface area contributed by atoms with E-state index in [2.05, 4.69) is 10.1 Å². The lowest BCUT2D eigenvalue weighted by atomic mass is 10.2. The Labute approximate surface area is 144 Å². The topological polar surface area (TPSA) is 88.3 Å². The lowest BCUT2D eigenvalue weighted by molar-refractivity contribution is -0.141. The molecule has 3 rings (SSSR count). The van der Waals surface area contributed by atoms with Crippen molar-refractivity contribution in [1.82, 2.24) is 19.7 Å². The number of hydrogen-bond acceptors (Lipinski definition) is 4. The lowest BCUT2D eigenvalue weighted by Gasteiger charge is -2.19. The zero-order chi connectivity index (χ0) is 18.1. The van der Waals surface area contributed by atoms with Gasteiger partial charge in [0.1, 0.15) is 23.4 Å². The van der Waals surface area contributed by atoms with Crippen molar-refractivity contribution < 1.29 is 19.1 Å².